The Hall–Kier alpha value is -1.88. The fourth-order valence-electron chi connectivity index (χ4n) is 1.84. The molecule has 0 saturated heterocycles. The third-order valence-corrected chi connectivity index (χ3v) is 2.88. The molecule has 0 unspecified atom stereocenters. The first kappa shape index (κ1) is 14.5. The zero-order chi connectivity index (χ0) is 14.8. The molecule has 0 atom stereocenters. The fraction of sp³-hybridized carbons (Fsp3) is 0.467. The number of carbonyl (C=O) groups excluding carboxylic acids is 1. The van der Waals surface area contributed by atoms with Gasteiger partial charge < -0.3 is 14.5 Å². The molecule has 2 rings (SSSR count). The summed E-state index contributed by atoms with van der Waals surface area (Å²) < 4.78 is 7.40. The number of imidazole rings is 1. The van der Waals surface area contributed by atoms with Gasteiger partial charge in [0.2, 0.25) is 0 Å². The van der Waals surface area contributed by atoms with Crippen molar-refractivity contribution in [1.29, 1.82) is 0 Å². The predicted octanol–water partition coefficient (Wildman–Crippen LogP) is 2.27. The van der Waals surface area contributed by atoms with Gasteiger partial charge in [0, 0.05) is 18.6 Å². The van der Waals surface area contributed by atoms with Crippen LogP contribution in [0.15, 0.2) is 30.7 Å². The molecule has 2 aromatic heterocycles. The first-order chi connectivity index (χ1) is 9.37. The molecule has 0 fully saturated rings. The van der Waals surface area contributed by atoms with Crippen molar-refractivity contribution in [3.63, 3.8) is 0 Å². The first-order valence-electron chi connectivity index (χ1n) is 6.74. The molecule has 1 amide bonds. The second-order valence-corrected chi connectivity index (χ2v) is 5.81. The summed E-state index contributed by atoms with van der Waals surface area (Å²) in [5.74, 6) is -0.113. The van der Waals surface area contributed by atoms with Gasteiger partial charge in [-0.05, 0) is 39.8 Å². The van der Waals surface area contributed by atoms with Crippen LogP contribution in [0.1, 0.15) is 38.1 Å². The number of nitrogens with zero attached hydrogens (tertiary/aromatic N) is 2. The van der Waals surface area contributed by atoms with Crippen molar-refractivity contribution >= 4 is 11.6 Å². The van der Waals surface area contributed by atoms with Gasteiger partial charge in [-0.2, -0.15) is 0 Å². The number of fused-ring (bicyclic) bond motifs is 1. The van der Waals surface area contributed by atoms with E-state index in [1.165, 1.54) is 0 Å². The molecule has 2 aromatic rings. The number of carbonyl (C=O) groups is 1. The topological polar surface area (TPSA) is 55.6 Å². The number of ether oxygens (including phenoxy) is 1. The number of rotatable bonds is 5. The van der Waals surface area contributed by atoms with E-state index in [1.54, 1.807) is 18.5 Å². The van der Waals surface area contributed by atoms with Gasteiger partial charge in [0.1, 0.15) is 5.65 Å². The van der Waals surface area contributed by atoms with E-state index in [9.17, 15) is 4.79 Å². The number of nitrogens with one attached hydrogen (secondary N) is 1. The van der Waals surface area contributed by atoms with E-state index in [0.29, 0.717) is 12.2 Å². The van der Waals surface area contributed by atoms with Crippen LogP contribution >= 0.6 is 0 Å². The van der Waals surface area contributed by atoms with Gasteiger partial charge in [-0.15, -0.1) is 0 Å². The summed E-state index contributed by atoms with van der Waals surface area (Å²) in [6.45, 7) is 8.32. The maximum absolute atomic E-state index is 12.3. The summed E-state index contributed by atoms with van der Waals surface area (Å²) in [5, 5.41) is 2.99. The van der Waals surface area contributed by atoms with E-state index in [-0.39, 0.29) is 12.0 Å². The standard InChI is InChI=1S/C15H21N3O2/c1-11(2)20-10-15(3,4)17-14(19)12-5-6-13-16-7-8-18(13)9-12/h5-9,11H,10H2,1-4H3,(H,17,19). The van der Waals surface area contributed by atoms with Crippen LogP contribution in [0.5, 0.6) is 0 Å². The molecule has 108 valence electrons. The highest BCUT2D eigenvalue weighted by molar-refractivity contribution is 5.94. The molecular formula is C15H21N3O2. The Morgan fingerprint density at radius 1 is 1.45 bits per heavy atom. The Morgan fingerprint density at radius 2 is 2.20 bits per heavy atom. The minimum absolute atomic E-state index is 0.113. The SMILES string of the molecule is CC(C)OCC(C)(C)NC(=O)c1ccc2nccn2c1. The number of aromatic nitrogens is 2. The molecule has 0 radical (unpaired) electrons. The summed E-state index contributed by atoms with van der Waals surface area (Å²) in [6.07, 6.45) is 5.45. The zero-order valence-electron chi connectivity index (χ0n) is 12.4. The number of pyridine rings is 1. The van der Waals surface area contributed by atoms with Crippen molar-refractivity contribution in [3.8, 4) is 0 Å². The molecule has 5 nitrogen and oxygen atoms in total. The highest BCUT2D eigenvalue weighted by Crippen LogP contribution is 2.09. The highest BCUT2D eigenvalue weighted by atomic mass is 16.5. The summed E-state index contributed by atoms with van der Waals surface area (Å²) in [5.41, 5.74) is 1.02. The smallest absolute Gasteiger partial charge is 0.253 e. The average Bonchev–Trinajstić information content (AvgIpc) is 2.83. The largest absolute Gasteiger partial charge is 0.376 e. The third kappa shape index (κ3) is 3.57. The predicted molar refractivity (Wildman–Crippen MR) is 77.8 cm³/mol. The molecule has 0 bridgehead atoms. The van der Waals surface area contributed by atoms with E-state index in [4.69, 9.17) is 4.74 Å². The van der Waals surface area contributed by atoms with E-state index < -0.39 is 5.54 Å². The van der Waals surface area contributed by atoms with Gasteiger partial charge in [0.25, 0.3) is 5.91 Å². The molecule has 1 N–H and O–H groups in total. The van der Waals surface area contributed by atoms with Crippen LogP contribution < -0.4 is 5.32 Å². The van der Waals surface area contributed by atoms with Crippen LogP contribution in [0, 0.1) is 0 Å². The second-order valence-electron chi connectivity index (χ2n) is 5.81. The van der Waals surface area contributed by atoms with E-state index in [0.717, 1.165) is 5.65 Å². The lowest BCUT2D eigenvalue weighted by Gasteiger charge is -2.27. The van der Waals surface area contributed by atoms with Gasteiger partial charge in [0.15, 0.2) is 0 Å². The fourth-order valence-corrected chi connectivity index (χ4v) is 1.84. The van der Waals surface area contributed by atoms with Crippen LogP contribution in [-0.4, -0.2) is 33.5 Å². The Morgan fingerprint density at radius 3 is 2.90 bits per heavy atom. The van der Waals surface area contributed by atoms with Crippen LogP contribution in [0.2, 0.25) is 0 Å². The molecule has 2 heterocycles. The lowest BCUT2D eigenvalue weighted by Crippen LogP contribution is -2.47. The molecule has 0 aliphatic heterocycles. The highest BCUT2D eigenvalue weighted by Gasteiger charge is 2.22. The minimum Gasteiger partial charge on any atom is -0.376 e. The van der Waals surface area contributed by atoms with Crippen molar-refractivity contribution in [1.82, 2.24) is 14.7 Å². The monoisotopic (exact) mass is 275 g/mol. The van der Waals surface area contributed by atoms with Gasteiger partial charge in [-0.3, -0.25) is 4.79 Å². The van der Waals surface area contributed by atoms with E-state index in [2.05, 4.69) is 10.3 Å². The van der Waals surface area contributed by atoms with Crippen molar-refractivity contribution in [2.45, 2.75) is 39.3 Å². The Kier molecular flexibility index (Phi) is 4.09. The Balaban J connectivity index is 2.06. The molecule has 20 heavy (non-hydrogen) atoms. The molecular weight excluding hydrogens is 254 g/mol. The summed E-state index contributed by atoms with van der Waals surface area (Å²) in [7, 11) is 0. The maximum Gasteiger partial charge on any atom is 0.253 e. The first-order valence-corrected chi connectivity index (χ1v) is 6.74. The number of hydrogen-bond acceptors (Lipinski definition) is 3. The van der Waals surface area contributed by atoms with Crippen LogP contribution in [0.3, 0.4) is 0 Å². The number of hydrogen-bond donors (Lipinski definition) is 1. The summed E-state index contributed by atoms with van der Waals surface area (Å²) >= 11 is 0. The summed E-state index contributed by atoms with van der Waals surface area (Å²) in [6, 6.07) is 3.60. The Labute approximate surface area is 119 Å². The Bertz CT molecular complexity index is 602. The lowest BCUT2D eigenvalue weighted by molar-refractivity contribution is 0.0366. The maximum atomic E-state index is 12.3. The summed E-state index contributed by atoms with van der Waals surface area (Å²) in [4.78, 5) is 16.4. The van der Waals surface area contributed by atoms with Crippen molar-refractivity contribution in [2.75, 3.05) is 6.61 Å². The molecule has 0 saturated carbocycles. The lowest BCUT2D eigenvalue weighted by atomic mass is 10.1. The molecule has 0 aromatic carbocycles. The van der Waals surface area contributed by atoms with Gasteiger partial charge in [-0.1, -0.05) is 0 Å². The quantitative estimate of drug-likeness (QED) is 0.910. The minimum atomic E-state index is -0.411. The number of amides is 1. The van der Waals surface area contributed by atoms with Crippen molar-refractivity contribution in [2.24, 2.45) is 0 Å². The van der Waals surface area contributed by atoms with E-state index in [1.807, 2.05) is 44.4 Å². The average molecular weight is 275 g/mol. The van der Waals surface area contributed by atoms with Crippen LogP contribution in [0.25, 0.3) is 5.65 Å². The van der Waals surface area contributed by atoms with E-state index >= 15 is 0 Å². The molecule has 5 heteroatoms. The molecule has 0 aliphatic rings. The van der Waals surface area contributed by atoms with Crippen LogP contribution in [-0.2, 0) is 4.74 Å². The second kappa shape index (κ2) is 5.63. The normalized spacial score (nSPS) is 12.1. The zero-order valence-corrected chi connectivity index (χ0v) is 12.4. The van der Waals surface area contributed by atoms with Crippen LogP contribution in [0.4, 0.5) is 0 Å². The van der Waals surface area contributed by atoms with Crippen molar-refractivity contribution in [3.05, 3.63) is 36.3 Å². The van der Waals surface area contributed by atoms with Gasteiger partial charge in [0.05, 0.1) is 23.8 Å². The third-order valence-electron chi connectivity index (χ3n) is 2.88. The molecule has 0 aliphatic carbocycles. The molecule has 0 spiro atoms. The van der Waals surface area contributed by atoms with Gasteiger partial charge in [-0.25, -0.2) is 4.98 Å². The van der Waals surface area contributed by atoms with Gasteiger partial charge >= 0.3 is 0 Å². The van der Waals surface area contributed by atoms with Crippen molar-refractivity contribution < 1.29 is 9.53 Å².